The lowest BCUT2D eigenvalue weighted by Crippen LogP contribution is -2.48. The van der Waals surface area contributed by atoms with E-state index in [-0.39, 0.29) is 34.4 Å². The van der Waals surface area contributed by atoms with Crippen LogP contribution in [0.5, 0.6) is 0 Å². The Balaban J connectivity index is 0.00000324. The van der Waals surface area contributed by atoms with E-state index >= 15 is 0 Å². The van der Waals surface area contributed by atoms with Crippen molar-refractivity contribution in [1.29, 1.82) is 5.26 Å². The summed E-state index contributed by atoms with van der Waals surface area (Å²) in [4.78, 5) is 17.4. The topological polar surface area (TPSA) is 120 Å². The number of sulfonamides is 1. The molecule has 0 amide bonds. The summed E-state index contributed by atoms with van der Waals surface area (Å²) in [5, 5.41) is 18.7. The Hall–Kier alpha value is -3.10. The van der Waals surface area contributed by atoms with Gasteiger partial charge in [0, 0.05) is 55.4 Å². The molecule has 9 nitrogen and oxygen atoms in total. The summed E-state index contributed by atoms with van der Waals surface area (Å²) in [6.45, 7) is 1.26. The second-order valence-corrected chi connectivity index (χ2v) is 9.89. The van der Waals surface area contributed by atoms with Crippen molar-refractivity contribution >= 4 is 45.8 Å². The first-order chi connectivity index (χ1) is 15.8. The fraction of sp³-hybridized carbons (Fsp3) is 0.227. The van der Waals surface area contributed by atoms with E-state index < -0.39 is 16.0 Å². The van der Waals surface area contributed by atoms with Gasteiger partial charge in [-0.25, -0.2) is 13.4 Å². The number of aliphatic carboxylic acids is 1. The van der Waals surface area contributed by atoms with Crippen molar-refractivity contribution in [3.8, 4) is 17.2 Å². The van der Waals surface area contributed by atoms with E-state index in [9.17, 15) is 18.5 Å². The SMILES string of the molecule is Cl.N#Cc1cn(CC(=O)O)cc1-c1cc(Cl)cc(S(=O)(=O)N2CCN(c3ccccn3)CC2)c1. The van der Waals surface area contributed by atoms with E-state index in [2.05, 4.69) is 4.98 Å². The van der Waals surface area contributed by atoms with Crippen LogP contribution in [0.1, 0.15) is 5.56 Å². The zero-order valence-corrected chi connectivity index (χ0v) is 20.2. The van der Waals surface area contributed by atoms with Crippen molar-refractivity contribution in [3.63, 3.8) is 0 Å². The van der Waals surface area contributed by atoms with E-state index in [1.165, 1.54) is 33.4 Å². The predicted molar refractivity (Wildman–Crippen MR) is 130 cm³/mol. The predicted octanol–water partition coefficient (Wildman–Crippen LogP) is 3.09. The summed E-state index contributed by atoms with van der Waals surface area (Å²) in [5.74, 6) is -0.255. The van der Waals surface area contributed by atoms with E-state index in [1.54, 1.807) is 12.3 Å². The molecular weight excluding hydrogens is 501 g/mol. The fourth-order valence-electron chi connectivity index (χ4n) is 3.79. The molecule has 3 aromatic rings. The van der Waals surface area contributed by atoms with Crippen LogP contribution in [-0.2, 0) is 21.4 Å². The molecule has 0 spiro atoms. The van der Waals surface area contributed by atoms with Gasteiger partial charge >= 0.3 is 5.97 Å². The maximum atomic E-state index is 13.4. The molecule has 1 aliphatic rings. The van der Waals surface area contributed by atoms with E-state index in [4.69, 9.17) is 16.7 Å². The lowest BCUT2D eigenvalue weighted by molar-refractivity contribution is -0.137. The molecule has 178 valence electrons. The number of nitrogens with zero attached hydrogens (tertiary/aromatic N) is 5. The number of carbonyl (C=O) groups is 1. The summed E-state index contributed by atoms with van der Waals surface area (Å²) in [5.41, 5.74) is 1.07. The number of hydrogen-bond acceptors (Lipinski definition) is 6. The van der Waals surface area contributed by atoms with Crippen LogP contribution in [-0.4, -0.2) is 59.5 Å². The number of halogens is 2. The molecule has 1 N–H and O–H groups in total. The molecule has 1 fully saturated rings. The standard InChI is InChI=1S/C22H20ClN5O4S.ClH/c23-18-9-16(20-14-26(15-22(29)30)13-17(20)12-24)10-19(11-18)33(31,32)28-7-5-27(6-8-28)21-3-1-2-4-25-21;/h1-4,9-11,13-14H,5-8,15H2,(H,29,30);1H. The van der Waals surface area contributed by atoms with E-state index in [0.717, 1.165) is 5.82 Å². The van der Waals surface area contributed by atoms with Crippen LogP contribution in [0.4, 0.5) is 5.82 Å². The molecule has 0 aliphatic carbocycles. The number of carboxylic acid groups (broad SMARTS) is 1. The first-order valence-corrected chi connectivity index (χ1v) is 11.9. The third-order valence-corrected chi connectivity index (χ3v) is 7.44. The summed E-state index contributed by atoms with van der Waals surface area (Å²) < 4.78 is 29.5. The number of benzene rings is 1. The minimum Gasteiger partial charge on any atom is -0.480 e. The Labute approximate surface area is 208 Å². The number of hydrogen-bond donors (Lipinski definition) is 1. The van der Waals surface area contributed by atoms with Crippen molar-refractivity contribution in [2.75, 3.05) is 31.1 Å². The molecule has 0 radical (unpaired) electrons. The number of rotatable bonds is 6. The number of nitriles is 1. The zero-order valence-electron chi connectivity index (χ0n) is 17.8. The Bertz CT molecular complexity index is 1330. The summed E-state index contributed by atoms with van der Waals surface area (Å²) in [7, 11) is -3.83. The highest BCUT2D eigenvalue weighted by Gasteiger charge is 2.29. The van der Waals surface area contributed by atoms with Gasteiger partial charge in [0.05, 0.1) is 10.5 Å². The average Bonchev–Trinajstić information content (AvgIpc) is 3.21. The Morgan fingerprint density at radius 1 is 1.15 bits per heavy atom. The van der Waals surface area contributed by atoms with Gasteiger partial charge in [0.1, 0.15) is 18.4 Å². The molecule has 3 heterocycles. The maximum absolute atomic E-state index is 13.4. The molecule has 0 saturated carbocycles. The Kier molecular flexibility index (Phi) is 7.84. The average molecular weight is 522 g/mol. The molecular formula is C22H21Cl2N5O4S. The molecule has 1 saturated heterocycles. The molecule has 0 bridgehead atoms. The van der Waals surface area contributed by atoms with Gasteiger partial charge in [0.2, 0.25) is 10.0 Å². The van der Waals surface area contributed by atoms with E-state index in [1.807, 2.05) is 29.2 Å². The van der Waals surface area contributed by atoms with Crippen LogP contribution in [0, 0.1) is 11.3 Å². The number of anilines is 1. The smallest absolute Gasteiger partial charge is 0.323 e. The molecule has 0 atom stereocenters. The third kappa shape index (κ3) is 5.34. The molecule has 12 heteroatoms. The van der Waals surface area contributed by atoms with Gasteiger partial charge in [0.15, 0.2) is 0 Å². The fourth-order valence-corrected chi connectivity index (χ4v) is 5.58. The van der Waals surface area contributed by atoms with Gasteiger partial charge in [-0.2, -0.15) is 9.57 Å². The van der Waals surface area contributed by atoms with Gasteiger partial charge < -0.3 is 14.6 Å². The lowest BCUT2D eigenvalue weighted by atomic mass is 10.1. The maximum Gasteiger partial charge on any atom is 0.323 e. The summed E-state index contributed by atoms with van der Waals surface area (Å²) in [6.07, 6.45) is 4.61. The van der Waals surface area contributed by atoms with Crippen molar-refractivity contribution in [3.05, 3.63) is 65.6 Å². The van der Waals surface area contributed by atoms with Crippen LogP contribution < -0.4 is 4.90 Å². The van der Waals surface area contributed by atoms with E-state index in [0.29, 0.717) is 37.3 Å². The van der Waals surface area contributed by atoms with Gasteiger partial charge in [0.25, 0.3) is 0 Å². The number of carboxylic acids is 1. The quantitative estimate of drug-likeness (QED) is 0.529. The molecule has 0 unspecified atom stereocenters. The summed E-state index contributed by atoms with van der Waals surface area (Å²) in [6, 6.07) is 12.0. The van der Waals surface area contributed by atoms with Crippen LogP contribution in [0.2, 0.25) is 5.02 Å². The van der Waals surface area contributed by atoms with Crippen molar-refractivity contribution in [2.45, 2.75) is 11.4 Å². The Morgan fingerprint density at radius 3 is 2.50 bits per heavy atom. The van der Waals surface area contributed by atoms with Gasteiger partial charge in [-0.3, -0.25) is 4.79 Å². The second-order valence-electron chi connectivity index (χ2n) is 7.52. The van der Waals surface area contributed by atoms with Crippen molar-refractivity contribution in [1.82, 2.24) is 13.9 Å². The zero-order chi connectivity index (χ0) is 23.6. The molecule has 4 rings (SSSR count). The highest BCUT2D eigenvalue weighted by molar-refractivity contribution is 7.89. The first kappa shape index (κ1) is 25.5. The summed E-state index contributed by atoms with van der Waals surface area (Å²) >= 11 is 6.25. The third-order valence-electron chi connectivity index (χ3n) is 5.35. The number of piperazine rings is 1. The van der Waals surface area contributed by atoms with Gasteiger partial charge in [-0.1, -0.05) is 17.7 Å². The second kappa shape index (κ2) is 10.4. The number of pyridine rings is 1. The lowest BCUT2D eigenvalue weighted by Gasteiger charge is -2.34. The monoisotopic (exact) mass is 521 g/mol. The largest absolute Gasteiger partial charge is 0.480 e. The number of aromatic nitrogens is 2. The van der Waals surface area contributed by atoms with Crippen molar-refractivity contribution < 1.29 is 18.3 Å². The van der Waals surface area contributed by atoms with Crippen molar-refractivity contribution in [2.24, 2.45) is 0 Å². The minimum atomic E-state index is -3.83. The molecule has 34 heavy (non-hydrogen) atoms. The van der Waals surface area contributed by atoms with Gasteiger partial charge in [-0.05, 0) is 35.9 Å². The minimum absolute atomic E-state index is 0. The normalized spacial score (nSPS) is 14.3. The van der Waals surface area contributed by atoms with Crippen LogP contribution in [0.3, 0.4) is 0 Å². The van der Waals surface area contributed by atoms with Crippen LogP contribution in [0.25, 0.3) is 11.1 Å². The van der Waals surface area contributed by atoms with Crippen LogP contribution >= 0.6 is 24.0 Å². The van der Waals surface area contributed by atoms with Crippen LogP contribution in [0.15, 0.2) is 59.9 Å². The highest BCUT2D eigenvalue weighted by Crippen LogP contribution is 2.31. The Morgan fingerprint density at radius 2 is 1.88 bits per heavy atom. The highest BCUT2D eigenvalue weighted by atomic mass is 35.5. The first-order valence-electron chi connectivity index (χ1n) is 10.1. The van der Waals surface area contributed by atoms with Gasteiger partial charge in [-0.15, -0.1) is 12.4 Å². The molecule has 1 aromatic carbocycles. The molecule has 1 aliphatic heterocycles. The molecule has 2 aromatic heterocycles.